The number of carbonyl (C=O) groups excluding carboxylic acids is 2. The van der Waals surface area contributed by atoms with Crippen molar-refractivity contribution >= 4 is 29.3 Å². The molecule has 0 fully saturated rings. The number of nitrogens with one attached hydrogen (secondary N) is 2. The van der Waals surface area contributed by atoms with E-state index in [2.05, 4.69) is 15.8 Å². The van der Waals surface area contributed by atoms with Crippen molar-refractivity contribution < 1.29 is 18.5 Å². The van der Waals surface area contributed by atoms with E-state index in [0.29, 0.717) is 23.5 Å². The van der Waals surface area contributed by atoms with Crippen molar-refractivity contribution in [3.05, 3.63) is 101 Å². The van der Waals surface area contributed by atoms with Gasteiger partial charge < -0.3 is 19.6 Å². The summed E-state index contributed by atoms with van der Waals surface area (Å²) in [5.74, 6) is 1.08. The van der Waals surface area contributed by atoms with E-state index in [4.69, 9.17) is 8.94 Å². The number of anilines is 1. The Morgan fingerprint density at radius 3 is 2.66 bits per heavy atom. The molecule has 0 radical (unpaired) electrons. The van der Waals surface area contributed by atoms with Crippen LogP contribution < -0.4 is 10.6 Å². The zero-order valence-electron chi connectivity index (χ0n) is 17.3. The molecular formula is C24H21N3O4S. The van der Waals surface area contributed by atoms with Crippen LogP contribution in [0.1, 0.15) is 37.9 Å². The zero-order chi connectivity index (χ0) is 22.3. The molecular weight excluding hydrogens is 426 g/mol. The number of nitrogens with zero attached hydrogens (tertiary/aromatic N) is 1. The van der Waals surface area contributed by atoms with Crippen LogP contribution in [0.15, 0.2) is 86.8 Å². The van der Waals surface area contributed by atoms with Crippen LogP contribution in [0.5, 0.6) is 0 Å². The topological polar surface area (TPSA) is 97.4 Å². The Balaban J connectivity index is 1.37. The summed E-state index contributed by atoms with van der Waals surface area (Å²) < 4.78 is 10.4. The number of rotatable bonds is 8. The molecule has 4 aromatic rings. The molecule has 8 heteroatoms. The molecule has 0 aliphatic heterocycles. The Kier molecular flexibility index (Phi) is 6.72. The monoisotopic (exact) mass is 447 g/mol. The van der Waals surface area contributed by atoms with Crippen molar-refractivity contribution in [2.24, 2.45) is 0 Å². The molecule has 0 saturated heterocycles. The molecule has 7 nitrogen and oxygen atoms in total. The molecule has 0 saturated carbocycles. The Morgan fingerprint density at radius 1 is 1.00 bits per heavy atom. The molecule has 32 heavy (non-hydrogen) atoms. The Morgan fingerprint density at radius 2 is 1.88 bits per heavy atom. The van der Waals surface area contributed by atoms with Crippen LogP contribution in [0.4, 0.5) is 5.69 Å². The minimum Gasteiger partial charge on any atom is -0.459 e. The molecule has 0 atom stereocenters. The van der Waals surface area contributed by atoms with Gasteiger partial charge in [-0.1, -0.05) is 29.4 Å². The van der Waals surface area contributed by atoms with Gasteiger partial charge in [0.2, 0.25) is 0 Å². The van der Waals surface area contributed by atoms with Crippen molar-refractivity contribution in [1.29, 1.82) is 0 Å². The van der Waals surface area contributed by atoms with Crippen LogP contribution in [0.2, 0.25) is 0 Å². The largest absolute Gasteiger partial charge is 0.459 e. The van der Waals surface area contributed by atoms with Crippen molar-refractivity contribution in [1.82, 2.24) is 10.5 Å². The van der Waals surface area contributed by atoms with Gasteiger partial charge in [0.25, 0.3) is 11.8 Å². The molecule has 162 valence electrons. The number of hydrogen-bond acceptors (Lipinski definition) is 6. The summed E-state index contributed by atoms with van der Waals surface area (Å²) in [5.41, 5.74) is 2.90. The van der Waals surface area contributed by atoms with E-state index in [1.165, 1.54) is 18.0 Å². The fraction of sp³-hybridized carbons (Fsp3) is 0.125. The third-order valence-electron chi connectivity index (χ3n) is 4.56. The summed E-state index contributed by atoms with van der Waals surface area (Å²) >= 11 is 1.52. The summed E-state index contributed by atoms with van der Waals surface area (Å²) in [7, 11) is 0. The highest BCUT2D eigenvalue weighted by Crippen LogP contribution is 2.26. The summed E-state index contributed by atoms with van der Waals surface area (Å²) in [6.45, 7) is 2.19. The molecule has 0 spiro atoms. The molecule has 0 bridgehead atoms. The number of hydrogen-bond donors (Lipinski definition) is 2. The maximum atomic E-state index is 12.8. The molecule has 2 heterocycles. The van der Waals surface area contributed by atoms with Gasteiger partial charge in [-0.2, -0.15) is 0 Å². The van der Waals surface area contributed by atoms with Gasteiger partial charge in [0.05, 0.1) is 23.3 Å². The van der Waals surface area contributed by atoms with Gasteiger partial charge in [0, 0.05) is 23.2 Å². The van der Waals surface area contributed by atoms with Gasteiger partial charge in [0.15, 0.2) is 5.76 Å². The molecule has 4 rings (SSSR count). The third-order valence-corrected chi connectivity index (χ3v) is 5.66. The second-order valence-electron chi connectivity index (χ2n) is 7.03. The highest BCUT2D eigenvalue weighted by Gasteiger charge is 2.13. The zero-order valence-corrected chi connectivity index (χ0v) is 18.1. The van der Waals surface area contributed by atoms with Gasteiger partial charge in [-0.15, -0.1) is 11.8 Å². The van der Waals surface area contributed by atoms with Crippen LogP contribution in [-0.2, 0) is 12.3 Å². The highest BCUT2D eigenvalue weighted by atomic mass is 32.2. The van der Waals surface area contributed by atoms with E-state index in [9.17, 15) is 9.59 Å². The van der Waals surface area contributed by atoms with Crippen LogP contribution in [0, 0.1) is 6.92 Å². The van der Waals surface area contributed by atoms with Crippen molar-refractivity contribution in [2.75, 3.05) is 5.32 Å². The maximum absolute atomic E-state index is 12.8. The van der Waals surface area contributed by atoms with E-state index in [1.54, 1.807) is 24.3 Å². The number of thioether (sulfide) groups is 1. The summed E-state index contributed by atoms with van der Waals surface area (Å²) in [6, 6.07) is 19.9. The molecule has 2 aromatic heterocycles. The molecule has 2 N–H and O–H groups in total. The molecule has 0 unspecified atom stereocenters. The second-order valence-corrected chi connectivity index (χ2v) is 8.05. The number of amides is 2. The van der Waals surface area contributed by atoms with Crippen LogP contribution in [-0.4, -0.2) is 17.0 Å². The maximum Gasteiger partial charge on any atom is 0.291 e. The molecule has 0 aliphatic carbocycles. The highest BCUT2D eigenvalue weighted by molar-refractivity contribution is 7.98. The minimum absolute atomic E-state index is 0.174. The lowest BCUT2D eigenvalue weighted by Gasteiger charge is -2.10. The predicted octanol–water partition coefficient (Wildman–Crippen LogP) is 5.05. The minimum atomic E-state index is -0.330. The SMILES string of the molecule is Cc1cc(CSc2ccccc2C(=O)NCc2cccc(NC(=O)c3ccco3)c2)on1. The summed E-state index contributed by atoms with van der Waals surface area (Å²) in [4.78, 5) is 25.8. The van der Waals surface area contributed by atoms with E-state index >= 15 is 0 Å². The van der Waals surface area contributed by atoms with E-state index in [0.717, 1.165) is 21.9 Å². The quantitative estimate of drug-likeness (QED) is 0.367. The number of carbonyl (C=O) groups is 2. The predicted molar refractivity (Wildman–Crippen MR) is 122 cm³/mol. The smallest absolute Gasteiger partial charge is 0.291 e. The first-order valence-corrected chi connectivity index (χ1v) is 10.9. The van der Waals surface area contributed by atoms with Gasteiger partial charge in [-0.05, 0) is 48.9 Å². The number of furan rings is 1. The lowest BCUT2D eigenvalue weighted by Crippen LogP contribution is -2.23. The third kappa shape index (κ3) is 5.47. The van der Waals surface area contributed by atoms with Crippen molar-refractivity contribution in [2.45, 2.75) is 24.1 Å². The lowest BCUT2D eigenvalue weighted by molar-refractivity contribution is 0.0946. The van der Waals surface area contributed by atoms with E-state index in [-0.39, 0.29) is 17.6 Å². The standard InChI is InChI=1S/C24H21N3O4S/c1-16-12-19(31-27-16)15-32-22-10-3-2-8-20(22)23(28)25-14-17-6-4-7-18(13-17)26-24(29)21-9-5-11-30-21/h2-13H,14-15H2,1H3,(H,25,28)(H,26,29). The normalized spacial score (nSPS) is 10.7. The van der Waals surface area contributed by atoms with Gasteiger partial charge in [0.1, 0.15) is 5.76 Å². The van der Waals surface area contributed by atoms with Gasteiger partial charge >= 0.3 is 0 Å². The Hall–Kier alpha value is -3.78. The second kappa shape index (κ2) is 10.0. The van der Waals surface area contributed by atoms with Crippen LogP contribution in [0.25, 0.3) is 0 Å². The molecule has 0 aliphatic rings. The Labute approximate surface area is 189 Å². The van der Waals surface area contributed by atoms with Gasteiger partial charge in [-0.3, -0.25) is 9.59 Å². The number of aromatic nitrogens is 1. The molecule has 2 amide bonds. The first-order chi connectivity index (χ1) is 15.6. The van der Waals surface area contributed by atoms with E-state index < -0.39 is 0 Å². The first-order valence-electron chi connectivity index (χ1n) is 9.94. The number of benzene rings is 2. The van der Waals surface area contributed by atoms with Crippen molar-refractivity contribution in [3.63, 3.8) is 0 Å². The van der Waals surface area contributed by atoms with E-state index in [1.807, 2.05) is 49.4 Å². The fourth-order valence-corrected chi connectivity index (χ4v) is 3.98. The summed E-state index contributed by atoms with van der Waals surface area (Å²) in [5, 5.41) is 9.62. The summed E-state index contributed by atoms with van der Waals surface area (Å²) in [6.07, 6.45) is 1.45. The van der Waals surface area contributed by atoms with Gasteiger partial charge in [-0.25, -0.2) is 0 Å². The van der Waals surface area contributed by atoms with Crippen LogP contribution >= 0.6 is 11.8 Å². The molecule has 2 aromatic carbocycles. The average molecular weight is 448 g/mol. The first kappa shape index (κ1) is 21.5. The fourth-order valence-electron chi connectivity index (χ4n) is 3.05. The lowest BCUT2D eigenvalue weighted by atomic mass is 10.1. The number of aryl methyl sites for hydroxylation is 1. The average Bonchev–Trinajstić information content (AvgIpc) is 3.49. The van der Waals surface area contributed by atoms with Crippen molar-refractivity contribution in [3.8, 4) is 0 Å². The Bertz CT molecular complexity index is 1220. The van der Waals surface area contributed by atoms with Crippen LogP contribution in [0.3, 0.4) is 0 Å².